The molecule has 1 fully saturated rings. The van der Waals surface area contributed by atoms with Crippen LogP contribution in [0.5, 0.6) is 5.75 Å². The van der Waals surface area contributed by atoms with Crippen LogP contribution in [0.15, 0.2) is 24.3 Å². The van der Waals surface area contributed by atoms with E-state index in [0.717, 1.165) is 38.1 Å². The van der Waals surface area contributed by atoms with Crippen molar-refractivity contribution in [2.24, 2.45) is 0 Å². The van der Waals surface area contributed by atoms with Crippen LogP contribution >= 0.6 is 12.4 Å². The highest BCUT2D eigenvalue weighted by molar-refractivity contribution is 5.94. The molecule has 0 saturated carbocycles. The van der Waals surface area contributed by atoms with Crippen LogP contribution < -0.4 is 15.4 Å². The first-order valence-corrected chi connectivity index (χ1v) is 7.04. The summed E-state index contributed by atoms with van der Waals surface area (Å²) in [6.07, 6.45) is 3.12. The summed E-state index contributed by atoms with van der Waals surface area (Å²) in [6.45, 7) is 4.65. The summed E-state index contributed by atoms with van der Waals surface area (Å²) in [4.78, 5) is 12.1. The normalized spacial score (nSPS) is 17.9. The first kappa shape index (κ1) is 16.8. The van der Waals surface area contributed by atoms with Gasteiger partial charge in [-0.1, -0.05) is 13.0 Å². The fourth-order valence-electron chi connectivity index (χ4n) is 2.19. The van der Waals surface area contributed by atoms with Gasteiger partial charge >= 0.3 is 0 Å². The molecule has 0 unspecified atom stereocenters. The Hall–Kier alpha value is -1.26. The van der Waals surface area contributed by atoms with Gasteiger partial charge in [-0.25, -0.2) is 0 Å². The maximum Gasteiger partial charge on any atom is 0.251 e. The summed E-state index contributed by atoms with van der Waals surface area (Å²) in [7, 11) is 0. The van der Waals surface area contributed by atoms with E-state index in [1.165, 1.54) is 0 Å². The molecule has 0 aliphatic carbocycles. The average molecular weight is 299 g/mol. The number of benzene rings is 1. The maximum atomic E-state index is 12.1. The van der Waals surface area contributed by atoms with E-state index in [9.17, 15) is 4.79 Å². The van der Waals surface area contributed by atoms with E-state index >= 15 is 0 Å². The molecule has 4 nitrogen and oxygen atoms in total. The Morgan fingerprint density at radius 1 is 1.50 bits per heavy atom. The van der Waals surface area contributed by atoms with Crippen LogP contribution in [0.1, 0.15) is 36.5 Å². The van der Waals surface area contributed by atoms with Crippen LogP contribution in [-0.4, -0.2) is 31.6 Å². The van der Waals surface area contributed by atoms with Crippen molar-refractivity contribution >= 4 is 18.3 Å². The van der Waals surface area contributed by atoms with E-state index in [0.29, 0.717) is 12.2 Å². The molecule has 1 atom stereocenters. The van der Waals surface area contributed by atoms with Gasteiger partial charge in [-0.3, -0.25) is 4.79 Å². The second-order valence-electron chi connectivity index (χ2n) is 4.89. The van der Waals surface area contributed by atoms with Crippen molar-refractivity contribution in [3.8, 4) is 5.75 Å². The number of carbonyl (C=O) groups is 1. The predicted molar refractivity (Wildman–Crippen MR) is 82.8 cm³/mol. The highest BCUT2D eigenvalue weighted by Crippen LogP contribution is 2.14. The third-order valence-corrected chi connectivity index (χ3v) is 3.20. The molecule has 0 bridgehead atoms. The van der Waals surface area contributed by atoms with Crippen molar-refractivity contribution in [2.75, 3.05) is 19.7 Å². The lowest BCUT2D eigenvalue weighted by atomic mass is 10.1. The van der Waals surface area contributed by atoms with E-state index in [1.807, 2.05) is 18.2 Å². The first-order chi connectivity index (χ1) is 9.29. The number of amides is 1. The maximum absolute atomic E-state index is 12.1. The molecule has 1 aliphatic heterocycles. The Morgan fingerprint density at radius 2 is 2.35 bits per heavy atom. The second kappa shape index (κ2) is 8.82. The third kappa shape index (κ3) is 5.02. The Morgan fingerprint density at radius 3 is 3.05 bits per heavy atom. The largest absolute Gasteiger partial charge is 0.494 e. The number of rotatable bonds is 5. The summed E-state index contributed by atoms with van der Waals surface area (Å²) < 4.78 is 5.54. The van der Waals surface area contributed by atoms with Crippen molar-refractivity contribution in [3.05, 3.63) is 29.8 Å². The number of ether oxygens (including phenoxy) is 1. The zero-order valence-corrected chi connectivity index (χ0v) is 12.7. The smallest absolute Gasteiger partial charge is 0.251 e. The Kier molecular flexibility index (Phi) is 7.41. The van der Waals surface area contributed by atoms with Gasteiger partial charge in [0.15, 0.2) is 0 Å². The van der Waals surface area contributed by atoms with Crippen LogP contribution in [0.2, 0.25) is 0 Å². The minimum Gasteiger partial charge on any atom is -0.494 e. The van der Waals surface area contributed by atoms with Gasteiger partial charge in [0.05, 0.1) is 6.61 Å². The molecule has 1 aromatic carbocycles. The number of nitrogens with one attached hydrogen (secondary N) is 2. The molecular formula is C15H23ClN2O2. The van der Waals surface area contributed by atoms with E-state index in [4.69, 9.17) is 4.74 Å². The summed E-state index contributed by atoms with van der Waals surface area (Å²) in [5.74, 6) is 0.743. The van der Waals surface area contributed by atoms with Crippen LogP contribution in [0.4, 0.5) is 0 Å². The van der Waals surface area contributed by atoms with E-state index in [1.54, 1.807) is 6.07 Å². The molecule has 1 amide bonds. The number of carbonyl (C=O) groups excluding carboxylic acids is 1. The number of halogens is 1. The Balaban J connectivity index is 0.00000200. The summed E-state index contributed by atoms with van der Waals surface area (Å²) in [6, 6.07) is 7.61. The zero-order valence-electron chi connectivity index (χ0n) is 11.9. The van der Waals surface area contributed by atoms with Gasteiger partial charge in [0.25, 0.3) is 5.91 Å². The van der Waals surface area contributed by atoms with Crippen LogP contribution in [-0.2, 0) is 0 Å². The molecule has 1 aromatic rings. The minimum atomic E-state index is -0.0179. The van der Waals surface area contributed by atoms with Crippen molar-refractivity contribution in [2.45, 2.75) is 32.2 Å². The van der Waals surface area contributed by atoms with Gasteiger partial charge in [-0.2, -0.15) is 0 Å². The SMILES string of the molecule is CCCOc1cccc(C(=O)N[C@@H]2CCCNC2)c1.Cl. The Labute approximate surface area is 126 Å². The summed E-state index contributed by atoms with van der Waals surface area (Å²) in [5.41, 5.74) is 0.666. The lowest BCUT2D eigenvalue weighted by Gasteiger charge is -2.23. The Bertz CT molecular complexity index is 420. The third-order valence-electron chi connectivity index (χ3n) is 3.20. The second-order valence-corrected chi connectivity index (χ2v) is 4.89. The molecule has 2 N–H and O–H groups in total. The molecule has 1 heterocycles. The quantitative estimate of drug-likeness (QED) is 0.877. The van der Waals surface area contributed by atoms with Gasteiger partial charge in [-0.05, 0) is 44.0 Å². The fourth-order valence-corrected chi connectivity index (χ4v) is 2.19. The number of hydrogen-bond donors (Lipinski definition) is 2. The molecule has 2 rings (SSSR count). The zero-order chi connectivity index (χ0) is 13.5. The summed E-state index contributed by atoms with van der Waals surface area (Å²) in [5, 5.41) is 6.35. The van der Waals surface area contributed by atoms with E-state index in [-0.39, 0.29) is 24.4 Å². The lowest BCUT2D eigenvalue weighted by molar-refractivity contribution is 0.0930. The van der Waals surface area contributed by atoms with Gasteiger partial charge < -0.3 is 15.4 Å². The fraction of sp³-hybridized carbons (Fsp3) is 0.533. The molecule has 5 heteroatoms. The average Bonchev–Trinajstić information content (AvgIpc) is 2.46. The highest BCUT2D eigenvalue weighted by atomic mass is 35.5. The monoisotopic (exact) mass is 298 g/mol. The molecular weight excluding hydrogens is 276 g/mol. The van der Waals surface area contributed by atoms with E-state index < -0.39 is 0 Å². The summed E-state index contributed by atoms with van der Waals surface area (Å²) >= 11 is 0. The molecule has 1 saturated heterocycles. The van der Waals surface area contributed by atoms with Crippen LogP contribution in [0.3, 0.4) is 0 Å². The first-order valence-electron chi connectivity index (χ1n) is 7.04. The number of hydrogen-bond acceptors (Lipinski definition) is 3. The van der Waals surface area contributed by atoms with Crippen molar-refractivity contribution in [1.82, 2.24) is 10.6 Å². The van der Waals surface area contributed by atoms with E-state index in [2.05, 4.69) is 17.6 Å². The molecule has 112 valence electrons. The van der Waals surface area contributed by atoms with Crippen molar-refractivity contribution in [1.29, 1.82) is 0 Å². The van der Waals surface area contributed by atoms with Gasteiger partial charge in [-0.15, -0.1) is 12.4 Å². The standard InChI is InChI=1S/C15H22N2O2.ClH/c1-2-9-19-14-7-3-5-12(10-14)15(18)17-13-6-4-8-16-11-13;/h3,5,7,10,13,16H,2,4,6,8-9,11H2,1H3,(H,17,18);1H/t13-;/m1./s1. The predicted octanol–water partition coefficient (Wildman–Crippen LogP) is 2.38. The van der Waals surface area contributed by atoms with Crippen molar-refractivity contribution in [3.63, 3.8) is 0 Å². The number of piperidine rings is 1. The van der Waals surface area contributed by atoms with Gasteiger partial charge in [0.2, 0.25) is 0 Å². The van der Waals surface area contributed by atoms with Gasteiger partial charge in [0, 0.05) is 18.2 Å². The molecule has 0 spiro atoms. The molecule has 0 aromatic heterocycles. The van der Waals surface area contributed by atoms with Crippen LogP contribution in [0.25, 0.3) is 0 Å². The highest BCUT2D eigenvalue weighted by Gasteiger charge is 2.16. The lowest BCUT2D eigenvalue weighted by Crippen LogP contribution is -2.45. The minimum absolute atomic E-state index is 0. The van der Waals surface area contributed by atoms with Crippen molar-refractivity contribution < 1.29 is 9.53 Å². The van der Waals surface area contributed by atoms with Gasteiger partial charge in [0.1, 0.15) is 5.75 Å². The molecule has 20 heavy (non-hydrogen) atoms. The molecule has 1 aliphatic rings. The van der Waals surface area contributed by atoms with Crippen LogP contribution in [0, 0.1) is 0 Å². The topological polar surface area (TPSA) is 50.4 Å². The molecule has 0 radical (unpaired) electrons.